The molecule has 0 saturated carbocycles. The molecule has 0 heterocycles. The van der Waals surface area contributed by atoms with Gasteiger partial charge in [-0.15, -0.1) is 0 Å². The zero-order chi connectivity index (χ0) is 19.2. The zero-order valence-corrected chi connectivity index (χ0v) is 15.2. The summed E-state index contributed by atoms with van der Waals surface area (Å²) in [5.41, 5.74) is 1.31. The second kappa shape index (κ2) is 8.62. The summed E-state index contributed by atoms with van der Waals surface area (Å²) in [6.45, 7) is 1.58. The lowest BCUT2D eigenvalue weighted by molar-refractivity contribution is -0.142. The number of carboxylic acids is 1. The number of sulfone groups is 1. The highest BCUT2D eigenvalue weighted by molar-refractivity contribution is 7.91. The maximum atomic E-state index is 12.1. The molecule has 0 aliphatic heterocycles. The Kier molecular flexibility index (Phi) is 6.52. The van der Waals surface area contributed by atoms with Crippen LogP contribution in [0.3, 0.4) is 0 Å². The van der Waals surface area contributed by atoms with Gasteiger partial charge in [0.25, 0.3) is 0 Å². The molecule has 6 nitrogen and oxygen atoms in total. The van der Waals surface area contributed by atoms with Crippen molar-refractivity contribution in [2.75, 3.05) is 5.75 Å². The number of hydrogen-bond acceptors (Lipinski definition) is 4. The van der Waals surface area contributed by atoms with Crippen molar-refractivity contribution in [1.82, 2.24) is 5.32 Å². The third-order valence-corrected chi connectivity index (χ3v) is 5.74. The Hall–Kier alpha value is -2.67. The van der Waals surface area contributed by atoms with Gasteiger partial charge in [-0.1, -0.05) is 49.4 Å². The summed E-state index contributed by atoms with van der Waals surface area (Å²) in [7, 11) is -3.25. The van der Waals surface area contributed by atoms with Crippen molar-refractivity contribution in [3.05, 3.63) is 65.7 Å². The fourth-order valence-electron chi connectivity index (χ4n) is 2.45. The molecule has 2 N–H and O–H groups in total. The van der Waals surface area contributed by atoms with Crippen molar-refractivity contribution in [3.63, 3.8) is 0 Å². The zero-order valence-electron chi connectivity index (χ0n) is 14.4. The molecular formula is C19H21NO5S. The van der Waals surface area contributed by atoms with E-state index in [9.17, 15) is 23.1 Å². The minimum Gasteiger partial charge on any atom is -0.479 e. The van der Waals surface area contributed by atoms with Crippen molar-refractivity contribution in [1.29, 1.82) is 0 Å². The van der Waals surface area contributed by atoms with Gasteiger partial charge in [-0.2, -0.15) is 0 Å². The molecule has 0 saturated heterocycles. The van der Waals surface area contributed by atoms with E-state index in [0.717, 1.165) is 5.56 Å². The first kappa shape index (κ1) is 19.7. The van der Waals surface area contributed by atoms with E-state index in [4.69, 9.17) is 0 Å². The predicted octanol–water partition coefficient (Wildman–Crippen LogP) is 2.35. The molecule has 0 unspecified atom stereocenters. The van der Waals surface area contributed by atoms with Crippen LogP contribution in [-0.2, 0) is 25.8 Å². The number of aliphatic carboxylic acids is 1. The molecule has 26 heavy (non-hydrogen) atoms. The molecule has 2 rings (SSSR count). The summed E-state index contributed by atoms with van der Waals surface area (Å²) >= 11 is 0. The maximum Gasteiger partial charge on any atom is 0.330 e. The van der Waals surface area contributed by atoms with E-state index in [1.54, 1.807) is 49.4 Å². The standard InChI is InChI=1S/C19H21NO5S/c1-2-26(24,25)16-11-8-14(9-12-16)10-13-17(21)20-18(19(22)23)15-6-4-3-5-7-15/h3-9,11-12,18H,2,10,13H2,1H3,(H,20,21)(H,22,23)/t18-/m1/s1. The van der Waals surface area contributed by atoms with Gasteiger partial charge in [-0.3, -0.25) is 4.79 Å². The van der Waals surface area contributed by atoms with Gasteiger partial charge in [0.05, 0.1) is 10.6 Å². The first-order valence-electron chi connectivity index (χ1n) is 8.22. The van der Waals surface area contributed by atoms with Crippen molar-refractivity contribution in [3.8, 4) is 0 Å². The molecule has 0 spiro atoms. The van der Waals surface area contributed by atoms with Crippen LogP contribution >= 0.6 is 0 Å². The molecule has 1 atom stereocenters. The molecule has 0 aliphatic rings. The number of rotatable bonds is 8. The van der Waals surface area contributed by atoms with Gasteiger partial charge in [0.2, 0.25) is 5.91 Å². The Morgan fingerprint density at radius 1 is 1.04 bits per heavy atom. The molecule has 138 valence electrons. The van der Waals surface area contributed by atoms with Gasteiger partial charge in [-0.05, 0) is 29.7 Å². The van der Waals surface area contributed by atoms with Crippen LogP contribution in [0.1, 0.15) is 30.5 Å². The van der Waals surface area contributed by atoms with Gasteiger partial charge in [-0.25, -0.2) is 13.2 Å². The monoisotopic (exact) mass is 375 g/mol. The lowest BCUT2D eigenvalue weighted by atomic mass is 10.1. The fourth-order valence-corrected chi connectivity index (χ4v) is 3.34. The van der Waals surface area contributed by atoms with Crippen molar-refractivity contribution in [2.24, 2.45) is 0 Å². The molecule has 0 radical (unpaired) electrons. The Morgan fingerprint density at radius 3 is 2.19 bits per heavy atom. The molecule has 7 heteroatoms. The molecular weight excluding hydrogens is 354 g/mol. The van der Waals surface area contributed by atoms with Crippen LogP contribution in [0.5, 0.6) is 0 Å². The van der Waals surface area contributed by atoms with Crippen LogP contribution in [0.2, 0.25) is 0 Å². The summed E-state index contributed by atoms with van der Waals surface area (Å²) in [6, 6.07) is 13.8. The second-order valence-electron chi connectivity index (χ2n) is 5.80. The Balaban J connectivity index is 1.96. The Morgan fingerprint density at radius 2 is 1.65 bits per heavy atom. The van der Waals surface area contributed by atoms with Gasteiger partial charge in [0, 0.05) is 6.42 Å². The number of carboxylic acid groups (broad SMARTS) is 1. The Bertz CT molecular complexity index is 861. The van der Waals surface area contributed by atoms with E-state index in [0.29, 0.717) is 12.0 Å². The summed E-state index contributed by atoms with van der Waals surface area (Å²) < 4.78 is 23.6. The smallest absolute Gasteiger partial charge is 0.330 e. The highest BCUT2D eigenvalue weighted by Gasteiger charge is 2.21. The number of benzene rings is 2. The molecule has 1 amide bonds. The first-order valence-corrected chi connectivity index (χ1v) is 9.87. The minimum atomic E-state index is -3.25. The molecule has 2 aromatic rings. The minimum absolute atomic E-state index is 0.0326. The molecule has 0 aliphatic carbocycles. The molecule has 0 bridgehead atoms. The van der Waals surface area contributed by atoms with E-state index in [-0.39, 0.29) is 23.0 Å². The van der Waals surface area contributed by atoms with Crippen molar-refractivity contribution >= 4 is 21.7 Å². The predicted molar refractivity (Wildman–Crippen MR) is 97.5 cm³/mol. The topological polar surface area (TPSA) is 101 Å². The number of nitrogens with one attached hydrogen (secondary N) is 1. The number of carbonyl (C=O) groups excluding carboxylic acids is 1. The van der Waals surface area contributed by atoms with Crippen LogP contribution < -0.4 is 5.32 Å². The number of aryl methyl sites for hydroxylation is 1. The Labute approximate surface area is 152 Å². The van der Waals surface area contributed by atoms with Gasteiger partial charge in [0.15, 0.2) is 15.9 Å². The molecule has 0 fully saturated rings. The van der Waals surface area contributed by atoms with Crippen LogP contribution in [0, 0.1) is 0 Å². The third kappa shape index (κ3) is 5.16. The summed E-state index contributed by atoms with van der Waals surface area (Å²) in [5.74, 6) is -1.48. The van der Waals surface area contributed by atoms with Crippen molar-refractivity contribution < 1.29 is 23.1 Å². The average Bonchev–Trinajstić information content (AvgIpc) is 2.65. The third-order valence-electron chi connectivity index (χ3n) is 3.99. The molecule has 0 aromatic heterocycles. The lowest BCUT2D eigenvalue weighted by Gasteiger charge is -2.15. The summed E-state index contributed by atoms with van der Waals surface area (Å²) in [6.07, 6.45) is 0.496. The van der Waals surface area contributed by atoms with E-state index in [2.05, 4.69) is 5.32 Å². The number of carbonyl (C=O) groups is 2. The van der Waals surface area contributed by atoms with E-state index in [1.807, 2.05) is 0 Å². The highest BCUT2D eigenvalue weighted by atomic mass is 32.2. The van der Waals surface area contributed by atoms with Crippen LogP contribution in [0.25, 0.3) is 0 Å². The summed E-state index contributed by atoms with van der Waals surface area (Å²) in [5, 5.41) is 11.8. The summed E-state index contributed by atoms with van der Waals surface area (Å²) in [4.78, 5) is 23.8. The quantitative estimate of drug-likeness (QED) is 0.738. The van der Waals surface area contributed by atoms with E-state index in [1.165, 1.54) is 12.1 Å². The largest absolute Gasteiger partial charge is 0.479 e. The highest BCUT2D eigenvalue weighted by Crippen LogP contribution is 2.15. The first-order chi connectivity index (χ1) is 12.3. The van der Waals surface area contributed by atoms with Crippen molar-refractivity contribution in [2.45, 2.75) is 30.7 Å². The fraction of sp³-hybridized carbons (Fsp3) is 0.263. The van der Waals surface area contributed by atoms with E-state index >= 15 is 0 Å². The van der Waals surface area contributed by atoms with Crippen LogP contribution in [0.15, 0.2) is 59.5 Å². The van der Waals surface area contributed by atoms with Crippen LogP contribution in [-0.4, -0.2) is 31.2 Å². The molecule has 2 aromatic carbocycles. The number of hydrogen-bond donors (Lipinski definition) is 2. The van der Waals surface area contributed by atoms with Gasteiger partial charge >= 0.3 is 5.97 Å². The maximum absolute atomic E-state index is 12.1. The normalized spacial score (nSPS) is 12.3. The second-order valence-corrected chi connectivity index (χ2v) is 8.08. The lowest BCUT2D eigenvalue weighted by Crippen LogP contribution is -2.33. The van der Waals surface area contributed by atoms with Crippen LogP contribution in [0.4, 0.5) is 0 Å². The SMILES string of the molecule is CCS(=O)(=O)c1ccc(CCC(=O)N[C@@H](C(=O)O)c2ccccc2)cc1. The van der Waals surface area contributed by atoms with Gasteiger partial charge < -0.3 is 10.4 Å². The average molecular weight is 375 g/mol. The van der Waals surface area contributed by atoms with E-state index < -0.39 is 21.8 Å². The number of amides is 1. The van der Waals surface area contributed by atoms with Gasteiger partial charge in [0.1, 0.15) is 0 Å².